The number of nitriles is 1. The Labute approximate surface area is 125 Å². The fourth-order valence-electron chi connectivity index (χ4n) is 1.80. The molecule has 0 radical (unpaired) electrons. The van der Waals surface area contributed by atoms with Crippen molar-refractivity contribution in [1.29, 1.82) is 5.26 Å². The van der Waals surface area contributed by atoms with Gasteiger partial charge in [-0.25, -0.2) is 4.39 Å². The molecule has 0 aliphatic carbocycles. The highest BCUT2D eigenvalue weighted by Gasteiger charge is 2.14. The molecule has 21 heavy (non-hydrogen) atoms. The molecular weight excluding hydrogens is 293 g/mol. The Morgan fingerprint density at radius 3 is 2.71 bits per heavy atom. The number of carbonyl (C=O) groups is 1. The van der Waals surface area contributed by atoms with E-state index >= 15 is 0 Å². The number of amides is 1. The second kappa shape index (κ2) is 5.81. The van der Waals surface area contributed by atoms with Crippen LogP contribution in [0.5, 0.6) is 0 Å². The zero-order valence-corrected chi connectivity index (χ0v) is 11.8. The number of nitrogens with zero attached hydrogens (tertiary/aromatic N) is 1. The van der Waals surface area contributed by atoms with Crippen LogP contribution < -0.4 is 11.1 Å². The topological polar surface area (TPSA) is 78.9 Å². The molecule has 0 spiro atoms. The summed E-state index contributed by atoms with van der Waals surface area (Å²) in [5, 5.41) is 11.8. The van der Waals surface area contributed by atoms with Crippen LogP contribution in [0.15, 0.2) is 30.3 Å². The largest absolute Gasteiger partial charge is 0.398 e. The first kappa shape index (κ1) is 14.8. The summed E-state index contributed by atoms with van der Waals surface area (Å²) in [5.41, 5.74) is 6.76. The summed E-state index contributed by atoms with van der Waals surface area (Å²) in [5.74, 6) is -1.06. The quantitative estimate of drug-likeness (QED) is 0.833. The maximum Gasteiger partial charge on any atom is 0.257 e. The number of hydrogen-bond acceptors (Lipinski definition) is 3. The molecule has 0 unspecified atom stereocenters. The predicted molar refractivity (Wildman–Crippen MR) is 79.7 cm³/mol. The minimum atomic E-state index is -0.562. The number of nitrogens with one attached hydrogen (secondary N) is 1. The Bertz CT molecular complexity index is 768. The third kappa shape index (κ3) is 3.12. The Hall–Kier alpha value is -2.58. The van der Waals surface area contributed by atoms with Crippen LogP contribution in [0, 0.1) is 24.1 Å². The first-order chi connectivity index (χ1) is 9.92. The number of nitrogen functional groups attached to an aromatic ring is 1. The number of halogens is 2. The molecule has 0 saturated heterocycles. The Kier molecular flexibility index (Phi) is 4.10. The van der Waals surface area contributed by atoms with Crippen molar-refractivity contribution in [2.75, 3.05) is 11.1 Å². The van der Waals surface area contributed by atoms with Crippen molar-refractivity contribution in [3.8, 4) is 6.07 Å². The van der Waals surface area contributed by atoms with Gasteiger partial charge in [0.05, 0.1) is 17.2 Å². The third-order valence-electron chi connectivity index (χ3n) is 2.98. The van der Waals surface area contributed by atoms with E-state index < -0.39 is 11.7 Å². The minimum absolute atomic E-state index is 0.123. The molecule has 0 heterocycles. The van der Waals surface area contributed by atoms with Gasteiger partial charge in [0, 0.05) is 22.0 Å². The summed E-state index contributed by atoms with van der Waals surface area (Å²) in [4.78, 5) is 12.2. The van der Waals surface area contributed by atoms with Crippen molar-refractivity contribution in [2.24, 2.45) is 0 Å². The lowest BCUT2D eigenvalue weighted by atomic mass is 10.1. The van der Waals surface area contributed by atoms with E-state index in [1.54, 1.807) is 0 Å². The van der Waals surface area contributed by atoms with E-state index in [1.165, 1.54) is 31.2 Å². The van der Waals surface area contributed by atoms with E-state index in [2.05, 4.69) is 5.32 Å². The first-order valence-corrected chi connectivity index (χ1v) is 6.37. The van der Waals surface area contributed by atoms with Crippen LogP contribution >= 0.6 is 11.6 Å². The molecule has 1 amide bonds. The summed E-state index contributed by atoms with van der Waals surface area (Å²) >= 11 is 5.77. The number of nitrogens with two attached hydrogens (primary N) is 1. The van der Waals surface area contributed by atoms with E-state index in [1.807, 2.05) is 6.07 Å². The van der Waals surface area contributed by atoms with E-state index in [-0.39, 0.29) is 28.1 Å². The standard InChI is InChI=1S/C15H11ClFN3O/c1-8-12(17)4-9(7-18)5-14(8)20-15(21)11-3-2-10(16)6-13(11)19/h2-6H,19H2,1H3,(H,20,21). The lowest BCUT2D eigenvalue weighted by Crippen LogP contribution is -2.15. The summed E-state index contributed by atoms with van der Waals surface area (Å²) < 4.78 is 13.7. The first-order valence-electron chi connectivity index (χ1n) is 5.99. The number of carbonyl (C=O) groups excluding carboxylic acids is 1. The lowest BCUT2D eigenvalue weighted by molar-refractivity contribution is 0.102. The van der Waals surface area contributed by atoms with Crippen molar-refractivity contribution in [1.82, 2.24) is 0 Å². The predicted octanol–water partition coefficient (Wildman–Crippen LogP) is 3.49. The molecule has 106 valence electrons. The minimum Gasteiger partial charge on any atom is -0.398 e. The van der Waals surface area contributed by atoms with Gasteiger partial charge in [0.2, 0.25) is 0 Å². The molecule has 0 aliphatic rings. The van der Waals surface area contributed by atoms with Crippen LogP contribution in [-0.2, 0) is 0 Å². The summed E-state index contributed by atoms with van der Waals surface area (Å²) in [7, 11) is 0. The molecule has 0 atom stereocenters. The monoisotopic (exact) mass is 303 g/mol. The molecule has 6 heteroatoms. The number of anilines is 2. The highest BCUT2D eigenvalue weighted by atomic mass is 35.5. The average molecular weight is 304 g/mol. The van der Waals surface area contributed by atoms with Crippen molar-refractivity contribution < 1.29 is 9.18 Å². The highest BCUT2D eigenvalue weighted by Crippen LogP contribution is 2.23. The molecule has 4 nitrogen and oxygen atoms in total. The van der Waals surface area contributed by atoms with Gasteiger partial charge in [-0.15, -0.1) is 0 Å². The van der Waals surface area contributed by atoms with Gasteiger partial charge in [0.1, 0.15) is 5.82 Å². The summed E-state index contributed by atoms with van der Waals surface area (Å²) in [6, 6.07) is 8.82. The molecule has 3 N–H and O–H groups in total. The van der Waals surface area contributed by atoms with Gasteiger partial charge in [-0.05, 0) is 37.3 Å². The summed E-state index contributed by atoms with van der Waals surface area (Å²) in [6.07, 6.45) is 0. The van der Waals surface area contributed by atoms with Gasteiger partial charge >= 0.3 is 0 Å². The van der Waals surface area contributed by atoms with Crippen LogP contribution in [0.2, 0.25) is 5.02 Å². The average Bonchev–Trinajstić information content (AvgIpc) is 2.43. The van der Waals surface area contributed by atoms with Crippen molar-refractivity contribution in [3.63, 3.8) is 0 Å². The van der Waals surface area contributed by atoms with Gasteiger partial charge < -0.3 is 11.1 Å². The van der Waals surface area contributed by atoms with Crippen LogP contribution in [0.1, 0.15) is 21.5 Å². The number of benzene rings is 2. The second-order valence-electron chi connectivity index (χ2n) is 4.43. The van der Waals surface area contributed by atoms with Gasteiger partial charge in [0.25, 0.3) is 5.91 Å². The van der Waals surface area contributed by atoms with E-state index in [9.17, 15) is 9.18 Å². The normalized spacial score (nSPS) is 10.0. The highest BCUT2D eigenvalue weighted by molar-refractivity contribution is 6.31. The smallest absolute Gasteiger partial charge is 0.257 e. The van der Waals surface area contributed by atoms with E-state index in [4.69, 9.17) is 22.6 Å². The molecule has 0 aliphatic heterocycles. The van der Waals surface area contributed by atoms with Gasteiger partial charge in [0.15, 0.2) is 0 Å². The van der Waals surface area contributed by atoms with Crippen LogP contribution in [0.25, 0.3) is 0 Å². The molecule has 2 aromatic carbocycles. The fourth-order valence-corrected chi connectivity index (χ4v) is 1.98. The maximum atomic E-state index is 13.7. The zero-order valence-electron chi connectivity index (χ0n) is 11.1. The Balaban J connectivity index is 2.36. The molecule has 0 saturated carbocycles. The SMILES string of the molecule is Cc1c(F)cc(C#N)cc1NC(=O)c1ccc(Cl)cc1N. The third-order valence-corrected chi connectivity index (χ3v) is 3.21. The zero-order chi connectivity index (χ0) is 15.6. The van der Waals surface area contributed by atoms with Crippen molar-refractivity contribution in [3.05, 3.63) is 57.9 Å². The molecule has 0 bridgehead atoms. The molecule has 0 fully saturated rings. The second-order valence-corrected chi connectivity index (χ2v) is 4.86. The van der Waals surface area contributed by atoms with Crippen LogP contribution in [0.3, 0.4) is 0 Å². The van der Waals surface area contributed by atoms with Crippen molar-refractivity contribution >= 4 is 28.9 Å². The van der Waals surface area contributed by atoms with Crippen molar-refractivity contribution in [2.45, 2.75) is 6.92 Å². The van der Waals surface area contributed by atoms with Gasteiger partial charge in [-0.1, -0.05) is 11.6 Å². The maximum absolute atomic E-state index is 13.7. The molecule has 2 aromatic rings. The Morgan fingerprint density at radius 1 is 1.38 bits per heavy atom. The molecule has 0 aromatic heterocycles. The summed E-state index contributed by atoms with van der Waals surface area (Å²) in [6.45, 7) is 1.51. The lowest BCUT2D eigenvalue weighted by Gasteiger charge is -2.11. The van der Waals surface area contributed by atoms with E-state index in [0.29, 0.717) is 5.02 Å². The Morgan fingerprint density at radius 2 is 2.10 bits per heavy atom. The molecule has 2 rings (SSSR count). The van der Waals surface area contributed by atoms with Crippen LogP contribution in [0.4, 0.5) is 15.8 Å². The van der Waals surface area contributed by atoms with Gasteiger partial charge in [-0.2, -0.15) is 5.26 Å². The van der Waals surface area contributed by atoms with Gasteiger partial charge in [-0.3, -0.25) is 4.79 Å². The number of hydrogen-bond donors (Lipinski definition) is 2. The van der Waals surface area contributed by atoms with Crippen LogP contribution in [-0.4, -0.2) is 5.91 Å². The molecular formula is C15H11ClFN3O. The van der Waals surface area contributed by atoms with E-state index in [0.717, 1.165) is 6.07 Å². The number of rotatable bonds is 2. The fraction of sp³-hybridized carbons (Fsp3) is 0.0667.